The first-order valence-electron chi connectivity index (χ1n) is 6.95. The van der Waals surface area contributed by atoms with Crippen LogP contribution in [-0.2, 0) is 4.79 Å². The molecule has 0 spiro atoms. The van der Waals surface area contributed by atoms with Crippen molar-refractivity contribution in [2.24, 2.45) is 0 Å². The Balaban J connectivity index is 2.03. The number of carbonyl (C=O) groups excluding carboxylic acids is 1. The number of hydrogen-bond donors (Lipinski definition) is 1. The summed E-state index contributed by atoms with van der Waals surface area (Å²) in [6, 6.07) is 7.94. The number of nitrogens with one attached hydrogen (secondary N) is 1. The molecule has 3 rings (SSSR count). The van der Waals surface area contributed by atoms with Crippen LogP contribution in [0.4, 0.5) is 11.5 Å². The molecule has 2 aromatic rings. The number of likely N-dealkylation sites (N-methyl/N-ethyl adjacent to an activating group) is 1. The fourth-order valence-corrected chi connectivity index (χ4v) is 2.56. The molecular formula is C16H18N4O. The second kappa shape index (κ2) is 5.54. The Morgan fingerprint density at radius 2 is 2.33 bits per heavy atom. The number of amides is 1. The summed E-state index contributed by atoms with van der Waals surface area (Å²) in [6.07, 6.45) is 3.13. The fourth-order valence-electron chi connectivity index (χ4n) is 2.56. The van der Waals surface area contributed by atoms with Gasteiger partial charge in [0, 0.05) is 37.4 Å². The Morgan fingerprint density at radius 1 is 1.48 bits per heavy atom. The van der Waals surface area contributed by atoms with Crippen LogP contribution in [0.15, 0.2) is 43.1 Å². The van der Waals surface area contributed by atoms with E-state index in [0.717, 1.165) is 42.0 Å². The van der Waals surface area contributed by atoms with E-state index in [2.05, 4.69) is 21.8 Å². The Morgan fingerprint density at radius 3 is 3.05 bits per heavy atom. The second-order valence-electron chi connectivity index (χ2n) is 5.06. The van der Waals surface area contributed by atoms with Crippen LogP contribution < -0.4 is 15.1 Å². The van der Waals surface area contributed by atoms with E-state index in [1.54, 1.807) is 11.9 Å². The molecular weight excluding hydrogens is 264 g/mol. The summed E-state index contributed by atoms with van der Waals surface area (Å²) >= 11 is 0. The van der Waals surface area contributed by atoms with Crippen molar-refractivity contribution in [2.75, 3.05) is 36.6 Å². The number of benzene rings is 1. The summed E-state index contributed by atoms with van der Waals surface area (Å²) in [6.45, 7) is 6.28. The summed E-state index contributed by atoms with van der Waals surface area (Å²) in [7, 11) is 1.75. The highest BCUT2D eigenvalue weighted by Crippen LogP contribution is 2.28. The first-order chi connectivity index (χ1) is 10.2. The monoisotopic (exact) mass is 282 g/mol. The molecule has 108 valence electrons. The topological polar surface area (TPSA) is 48.5 Å². The molecule has 1 amide bonds. The maximum Gasteiger partial charge on any atom is 0.250 e. The first kappa shape index (κ1) is 13.6. The summed E-state index contributed by atoms with van der Waals surface area (Å²) in [5.41, 5.74) is 0.851. The third kappa shape index (κ3) is 2.48. The van der Waals surface area contributed by atoms with E-state index in [9.17, 15) is 4.79 Å². The zero-order valence-electron chi connectivity index (χ0n) is 12.0. The Labute approximate surface area is 123 Å². The van der Waals surface area contributed by atoms with Crippen LogP contribution >= 0.6 is 0 Å². The highest BCUT2D eigenvalue weighted by atomic mass is 16.2. The smallest absolute Gasteiger partial charge is 0.250 e. The first-order valence-corrected chi connectivity index (χ1v) is 6.95. The molecule has 21 heavy (non-hydrogen) atoms. The van der Waals surface area contributed by atoms with E-state index >= 15 is 0 Å². The predicted octanol–water partition coefficient (Wildman–Crippen LogP) is 1.75. The highest BCUT2D eigenvalue weighted by Gasteiger charge is 2.16. The highest BCUT2D eigenvalue weighted by molar-refractivity contribution is 6.03. The maximum atomic E-state index is 11.7. The number of aromatic nitrogens is 1. The maximum absolute atomic E-state index is 11.7. The quantitative estimate of drug-likeness (QED) is 0.871. The van der Waals surface area contributed by atoms with Crippen LogP contribution in [-0.4, -0.2) is 37.7 Å². The summed E-state index contributed by atoms with van der Waals surface area (Å²) < 4.78 is 0. The molecule has 0 bridgehead atoms. The minimum absolute atomic E-state index is 0.118. The molecule has 0 radical (unpaired) electrons. The average molecular weight is 282 g/mol. The van der Waals surface area contributed by atoms with Crippen LogP contribution in [0, 0.1) is 0 Å². The van der Waals surface area contributed by atoms with Gasteiger partial charge in [-0.15, -0.1) is 0 Å². The molecule has 0 saturated carbocycles. The van der Waals surface area contributed by atoms with Gasteiger partial charge in [-0.1, -0.05) is 6.58 Å². The van der Waals surface area contributed by atoms with E-state index in [0.29, 0.717) is 0 Å². The number of rotatable bonds is 3. The van der Waals surface area contributed by atoms with Crippen molar-refractivity contribution >= 4 is 28.2 Å². The van der Waals surface area contributed by atoms with E-state index in [1.165, 1.54) is 6.08 Å². The number of carbonyl (C=O) groups is 1. The van der Waals surface area contributed by atoms with Crippen LogP contribution in [0.5, 0.6) is 0 Å². The molecule has 5 nitrogen and oxygen atoms in total. The van der Waals surface area contributed by atoms with Crippen molar-refractivity contribution in [3.8, 4) is 0 Å². The van der Waals surface area contributed by atoms with Crippen LogP contribution in [0.1, 0.15) is 0 Å². The molecule has 0 aliphatic carbocycles. The van der Waals surface area contributed by atoms with Gasteiger partial charge in [0.05, 0.1) is 6.67 Å². The molecule has 1 N–H and O–H groups in total. The van der Waals surface area contributed by atoms with Crippen LogP contribution in [0.25, 0.3) is 10.8 Å². The molecule has 0 unspecified atom stereocenters. The third-order valence-electron chi connectivity index (χ3n) is 3.78. The summed E-state index contributed by atoms with van der Waals surface area (Å²) in [4.78, 5) is 20.0. The van der Waals surface area contributed by atoms with Gasteiger partial charge in [0.15, 0.2) is 0 Å². The van der Waals surface area contributed by atoms with Gasteiger partial charge in [-0.25, -0.2) is 4.98 Å². The van der Waals surface area contributed by atoms with Gasteiger partial charge in [0.2, 0.25) is 5.91 Å². The zero-order chi connectivity index (χ0) is 14.8. The standard InChI is InChI=1S/C16H18N4O/c1-3-15(21)19(2)13-4-5-14-12(10-13)6-7-18-16(14)20-9-8-17-11-20/h3-7,10,17H,1,8-9,11H2,2H3. The number of nitrogens with zero attached hydrogens (tertiary/aromatic N) is 3. The van der Waals surface area contributed by atoms with Crippen molar-refractivity contribution in [2.45, 2.75) is 0 Å². The van der Waals surface area contributed by atoms with Gasteiger partial charge in [-0.2, -0.15) is 0 Å². The van der Waals surface area contributed by atoms with E-state index in [-0.39, 0.29) is 5.91 Å². The number of anilines is 2. The lowest BCUT2D eigenvalue weighted by atomic mass is 10.1. The SMILES string of the molecule is C=CC(=O)N(C)c1ccc2c(N3CCNC3)nccc2c1. The zero-order valence-corrected chi connectivity index (χ0v) is 12.0. The van der Waals surface area contributed by atoms with Crippen molar-refractivity contribution in [1.29, 1.82) is 0 Å². The van der Waals surface area contributed by atoms with Crippen molar-refractivity contribution < 1.29 is 4.79 Å². The van der Waals surface area contributed by atoms with E-state index in [1.807, 2.05) is 30.5 Å². The molecule has 1 saturated heterocycles. The second-order valence-corrected chi connectivity index (χ2v) is 5.06. The Hall–Kier alpha value is -2.40. The molecule has 5 heteroatoms. The molecule has 1 aromatic heterocycles. The third-order valence-corrected chi connectivity index (χ3v) is 3.78. The molecule has 2 heterocycles. The molecule has 1 aliphatic heterocycles. The van der Waals surface area contributed by atoms with Gasteiger partial charge in [-0.05, 0) is 35.7 Å². The lowest BCUT2D eigenvalue weighted by molar-refractivity contribution is -0.113. The molecule has 0 atom stereocenters. The van der Waals surface area contributed by atoms with Crippen molar-refractivity contribution in [3.05, 3.63) is 43.1 Å². The summed E-state index contributed by atoms with van der Waals surface area (Å²) in [5, 5.41) is 5.49. The van der Waals surface area contributed by atoms with Crippen molar-refractivity contribution in [1.82, 2.24) is 10.3 Å². The predicted molar refractivity (Wildman–Crippen MR) is 85.6 cm³/mol. The van der Waals surface area contributed by atoms with Gasteiger partial charge in [-0.3, -0.25) is 10.1 Å². The molecule has 1 aromatic carbocycles. The van der Waals surface area contributed by atoms with Gasteiger partial charge >= 0.3 is 0 Å². The minimum Gasteiger partial charge on any atom is -0.342 e. The van der Waals surface area contributed by atoms with E-state index in [4.69, 9.17) is 0 Å². The van der Waals surface area contributed by atoms with Gasteiger partial charge in [0.1, 0.15) is 5.82 Å². The Kier molecular flexibility index (Phi) is 3.58. The summed E-state index contributed by atoms with van der Waals surface area (Å²) in [5.74, 6) is 0.870. The van der Waals surface area contributed by atoms with Gasteiger partial charge < -0.3 is 9.80 Å². The molecule has 1 fully saturated rings. The minimum atomic E-state index is -0.118. The van der Waals surface area contributed by atoms with Crippen molar-refractivity contribution in [3.63, 3.8) is 0 Å². The van der Waals surface area contributed by atoms with Crippen LogP contribution in [0.2, 0.25) is 0 Å². The lowest BCUT2D eigenvalue weighted by Gasteiger charge is -2.19. The Bertz CT molecular complexity index is 692. The number of fused-ring (bicyclic) bond motifs is 1. The average Bonchev–Trinajstić information content (AvgIpc) is 3.06. The van der Waals surface area contributed by atoms with Crippen LogP contribution in [0.3, 0.4) is 0 Å². The van der Waals surface area contributed by atoms with E-state index < -0.39 is 0 Å². The largest absolute Gasteiger partial charge is 0.342 e. The lowest BCUT2D eigenvalue weighted by Crippen LogP contribution is -2.24. The number of hydrogen-bond acceptors (Lipinski definition) is 4. The van der Waals surface area contributed by atoms with Gasteiger partial charge in [0.25, 0.3) is 0 Å². The number of pyridine rings is 1. The normalized spacial score (nSPS) is 14.4. The fraction of sp³-hybridized carbons (Fsp3) is 0.250. The molecule has 1 aliphatic rings.